The van der Waals surface area contributed by atoms with Gasteiger partial charge in [0.2, 0.25) is 11.8 Å². The minimum absolute atomic E-state index is 0.0682. The maximum atomic E-state index is 15.1. The highest BCUT2D eigenvalue weighted by atomic mass is 19.1. The van der Waals surface area contributed by atoms with Crippen molar-refractivity contribution in [2.75, 3.05) is 26.8 Å². The molecule has 0 unspecified atom stereocenters. The van der Waals surface area contributed by atoms with Crippen molar-refractivity contribution < 1.29 is 23.4 Å². The van der Waals surface area contributed by atoms with E-state index in [0.717, 1.165) is 31.6 Å². The van der Waals surface area contributed by atoms with Gasteiger partial charge in [-0.2, -0.15) is 0 Å². The van der Waals surface area contributed by atoms with Crippen molar-refractivity contribution in [3.63, 3.8) is 0 Å². The first-order valence-electron chi connectivity index (χ1n) is 12.6. The molecule has 0 bridgehead atoms. The molecule has 1 aliphatic rings. The van der Waals surface area contributed by atoms with Gasteiger partial charge in [0, 0.05) is 42.2 Å². The Kier molecular flexibility index (Phi) is 7.12. The monoisotopic (exact) mass is 506 g/mol. The summed E-state index contributed by atoms with van der Waals surface area (Å²) in [5, 5.41) is 1.01. The van der Waals surface area contributed by atoms with Crippen LogP contribution in [0.25, 0.3) is 21.8 Å². The zero-order chi connectivity index (χ0) is 25.9. The van der Waals surface area contributed by atoms with Crippen LogP contribution in [0.3, 0.4) is 0 Å². The number of halogens is 1. The van der Waals surface area contributed by atoms with E-state index in [9.17, 15) is 4.79 Å². The Hall–Kier alpha value is -3.88. The number of ether oxygens (including phenoxy) is 3. The summed E-state index contributed by atoms with van der Waals surface area (Å²) in [4.78, 5) is 26.1. The third-order valence-electron chi connectivity index (χ3n) is 6.86. The molecule has 4 aromatic rings. The highest BCUT2D eigenvalue weighted by Crippen LogP contribution is 2.37. The van der Waals surface area contributed by atoms with Gasteiger partial charge in [0.1, 0.15) is 6.33 Å². The average Bonchev–Trinajstić information content (AvgIpc) is 3.29. The summed E-state index contributed by atoms with van der Waals surface area (Å²) >= 11 is 0. The van der Waals surface area contributed by atoms with E-state index < -0.39 is 5.82 Å². The fourth-order valence-electron chi connectivity index (χ4n) is 4.69. The first-order valence-corrected chi connectivity index (χ1v) is 12.6. The summed E-state index contributed by atoms with van der Waals surface area (Å²) in [7, 11) is 1.54. The Morgan fingerprint density at radius 3 is 2.70 bits per heavy atom. The number of benzene rings is 2. The van der Waals surface area contributed by atoms with Crippen molar-refractivity contribution in [3.8, 4) is 23.1 Å². The number of hydrogen-bond donors (Lipinski definition) is 1. The fourth-order valence-corrected chi connectivity index (χ4v) is 4.69. The number of rotatable bonds is 8. The van der Waals surface area contributed by atoms with Crippen LogP contribution in [0.15, 0.2) is 36.7 Å². The standard InChI is InChI=1S/C28H31FN4O4/c1-17-8-10-33(11-9-17)26(34)5-4-12-36-25-15-22-20(14-24(25)35-3)28(31-16-30-22)37-23-7-6-21-19(27(23)29)13-18(2)32-21/h6-7,13-17,32H,4-5,8-12H2,1-3H3. The molecule has 5 rings (SSSR count). The first kappa shape index (κ1) is 24.8. The summed E-state index contributed by atoms with van der Waals surface area (Å²) in [5.74, 6) is 1.66. The summed E-state index contributed by atoms with van der Waals surface area (Å²) in [6.45, 7) is 6.15. The number of aromatic nitrogens is 3. The molecule has 0 radical (unpaired) electrons. The number of H-pyrrole nitrogens is 1. The molecule has 1 saturated heterocycles. The van der Waals surface area contributed by atoms with Crippen LogP contribution >= 0.6 is 0 Å². The lowest BCUT2D eigenvalue weighted by molar-refractivity contribution is -0.132. The number of hydrogen-bond acceptors (Lipinski definition) is 6. The van der Waals surface area contributed by atoms with E-state index in [1.165, 1.54) is 6.33 Å². The Balaban J connectivity index is 1.29. The SMILES string of the molecule is COc1cc2c(Oc3ccc4[nH]c(C)cc4c3F)ncnc2cc1OCCCC(=O)N1CCC(C)CC1. The summed E-state index contributed by atoms with van der Waals surface area (Å²) < 4.78 is 32.5. The molecule has 8 nitrogen and oxygen atoms in total. The van der Waals surface area contributed by atoms with Crippen LogP contribution in [-0.4, -0.2) is 52.6 Å². The van der Waals surface area contributed by atoms with E-state index in [2.05, 4.69) is 21.9 Å². The van der Waals surface area contributed by atoms with Crippen molar-refractivity contribution >= 4 is 27.7 Å². The molecule has 3 heterocycles. The van der Waals surface area contributed by atoms with Gasteiger partial charge in [-0.05, 0) is 56.4 Å². The maximum Gasteiger partial charge on any atom is 0.230 e. The molecule has 0 aliphatic carbocycles. The number of likely N-dealkylation sites (tertiary alicyclic amines) is 1. The molecular formula is C28H31FN4O4. The first-order chi connectivity index (χ1) is 17.9. The van der Waals surface area contributed by atoms with E-state index >= 15 is 4.39 Å². The molecule has 1 aliphatic heterocycles. The largest absolute Gasteiger partial charge is 0.493 e. The van der Waals surface area contributed by atoms with E-state index in [1.807, 2.05) is 11.8 Å². The predicted molar refractivity (Wildman–Crippen MR) is 139 cm³/mol. The zero-order valence-electron chi connectivity index (χ0n) is 21.3. The highest BCUT2D eigenvalue weighted by Gasteiger charge is 2.20. The van der Waals surface area contributed by atoms with Crippen molar-refractivity contribution in [3.05, 3.63) is 48.2 Å². The number of amides is 1. The number of piperidine rings is 1. The molecule has 9 heteroatoms. The minimum Gasteiger partial charge on any atom is -0.493 e. The van der Waals surface area contributed by atoms with Gasteiger partial charge in [0.25, 0.3) is 0 Å². The van der Waals surface area contributed by atoms with Crippen molar-refractivity contribution in [2.24, 2.45) is 5.92 Å². The van der Waals surface area contributed by atoms with Crippen LogP contribution < -0.4 is 14.2 Å². The van der Waals surface area contributed by atoms with E-state index in [4.69, 9.17) is 14.2 Å². The molecule has 1 N–H and O–H groups in total. The number of methoxy groups -OCH3 is 1. The van der Waals surface area contributed by atoms with Gasteiger partial charge in [0.15, 0.2) is 23.1 Å². The van der Waals surface area contributed by atoms with Crippen LogP contribution in [0, 0.1) is 18.7 Å². The molecule has 194 valence electrons. The van der Waals surface area contributed by atoms with Crippen LogP contribution in [0.5, 0.6) is 23.1 Å². The molecule has 0 spiro atoms. The topological polar surface area (TPSA) is 89.6 Å². The maximum absolute atomic E-state index is 15.1. The molecule has 1 fully saturated rings. The van der Waals surface area contributed by atoms with Gasteiger partial charge in [-0.1, -0.05) is 6.92 Å². The third-order valence-corrected chi connectivity index (χ3v) is 6.86. The Labute approximate surface area is 214 Å². The summed E-state index contributed by atoms with van der Waals surface area (Å²) in [6, 6.07) is 8.54. The lowest BCUT2D eigenvalue weighted by Crippen LogP contribution is -2.37. The van der Waals surface area contributed by atoms with Crippen molar-refractivity contribution in [2.45, 2.75) is 39.5 Å². The van der Waals surface area contributed by atoms with Gasteiger partial charge in [-0.15, -0.1) is 0 Å². The second-order valence-electron chi connectivity index (χ2n) is 9.61. The van der Waals surface area contributed by atoms with E-state index in [0.29, 0.717) is 58.7 Å². The number of carbonyl (C=O) groups is 1. The molecule has 2 aromatic carbocycles. The average molecular weight is 507 g/mol. The second-order valence-corrected chi connectivity index (χ2v) is 9.61. The van der Waals surface area contributed by atoms with Crippen LogP contribution in [0.2, 0.25) is 0 Å². The van der Waals surface area contributed by atoms with Crippen LogP contribution in [0.1, 0.15) is 38.3 Å². The van der Waals surface area contributed by atoms with Crippen molar-refractivity contribution in [1.82, 2.24) is 19.9 Å². The predicted octanol–water partition coefficient (Wildman–Crippen LogP) is 5.78. The van der Waals surface area contributed by atoms with Gasteiger partial charge in [-0.25, -0.2) is 14.4 Å². The number of carbonyl (C=O) groups excluding carboxylic acids is 1. The Morgan fingerprint density at radius 2 is 1.92 bits per heavy atom. The Morgan fingerprint density at radius 1 is 1.11 bits per heavy atom. The van der Waals surface area contributed by atoms with Crippen LogP contribution in [-0.2, 0) is 4.79 Å². The lowest BCUT2D eigenvalue weighted by Gasteiger charge is -2.30. The molecule has 0 saturated carbocycles. The molecule has 1 amide bonds. The number of nitrogens with zero attached hydrogens (tertiary/aromatic N) is 3. The number of fused-ring (bicyclic) bond motifs is 2. The normalized spacial score (nSPS) is 14.3. The quantitative estimate of drug-likeness (QED) is 0.305. The minimum atomic E-state index is -0.464. The molecule has 2 aromatic heterocycles. The molecular weight excluding hydrogens is 475 g/mol. The lowest BCUT2D eigenvalue weighted by atomic mass is 9.99. The van der Waals surface area contributed by atoms with E-state index in [1.54, 1.807) is 37.4 Å². The van der Waals surface area contributed by atoms with E-state index in [-0.39, 0.29) is 17.5 Å². The fraction of sp³-hybridized carbons (Fsp3) is 0.393. The van der Waals surface area contributed by atoms with Gasteiger partial charge in [0.05, 0.1) is 24.6 Å². The second kappa shape index (κ2) is 10.6. The smallest absolute Gasteiger partial charge is 0.230 e. The number of nitrogens with one attached hydrogen (secondary N) is 1. The summed E-state index contributed by atoms with van der Waals surface area (Å²) in [5.41, 5.74) is 2.13. The molecule has 37 heavy (non-hydrogen) atoms. The highest BCUT2D eigenvalue weighted by molar-refractivity contribution is 5.87. The van der Waals surface area contributed by atoms with Gasteiger partial charge >= 0.3 is 0 Å². The molecule has 0 atom stereocenters. The van der Waals surface area contributed by atoms with Gasteiger partial charge < -0.3 is 24.1 Å². The Bertz CT molecular complexity index is 1430. The zero-order valence-corrected chi connectivity index (χ0v) is 21.3. The van der Waals surface area contributed by atoms with Gasteiger partial charge in [-0.3, -0.25) is 4.79 Å². The van der Waals surface area contributed by atoms with Crippen LogP contribution in [0.4, 0.5) is 4.39 Å². The number of aromatic amines is 1. The van der Waals surface area contributed by atoms with Crippen molar-refractivity contribution in [1.29, 1.82) is 0 Å². The summed E-state index contributed by atoms with van der Waals surface area (Å²) in [6.07, 6.45) is 4.54. The third kappa shape index (κ3) is 5.30. The number of aryl methyl sites for hydroxylation is 1.